The van der Waals surface area contributed by atoms with Gasteiger partial charge in [-0.3, -0.25) is 9.89 Å². The Morgan fingerprint density at radius 2 is 2.31 bits per heavy atom. The fraction of sp³-hybridized carbons (Fsp3) is 0.700. The lowest BCUT2D eigenvalue weighted by Gasteiger charge is -2.11. The molecular formula is C10H19N5O. The first-order chi connectivity index (χ1) is 7.63. The van der Waals surface area contributed by atoms with E-state index in [2.05, 4.69) is 27.4 Å². The molecule has 1 rings (SSSR count). The van der Waals surface area contributed by atoms with Crippen LogP contribution in [0.25, 0.3) is 0 Å². The standard InChI is InChI=1S/C10H19N5O/c1-3-4-5-6-7(2)12-9(16)8-13-10(11)15-14-8/h7H,3-6H2,1-2H3,(H,12,16)(H3,11,13,14,15). The molecule has 1 aromatic heterocycles. The Hall–Kier alpha value is -1.59. The van der Waals surface area contributed by atoms with Gasteiger partial charge in [0.25, 0.3) is 5.91 Å². The minimum atomic E-state index is -0.256. The third-order valence-electron chi connectivity index (χ3n) is 2.34. The number of carbonyl (C=O) groups is 1. The molecule has 0 spiro atoms. The first-order valence-corrected chi connectivity index (χ1v) is 5.62. The number of nitrogens with zero attached hydrogens (tertiary/aromatic N) is 2. The molecule has 6 nitrogen and oxygen atoms in total. The van der Waals surface area contributed by atoms with Crippen LogP contribution in [-0.2, 0) is 0 Å². The van der Waals surface area contributed by atoms with Gasteiger partial charge in [-0.25, -0.2) is 0 Å². The highest BCUT2D eigenvalue weighted by Gasteiger charge is 2.12. The highest BCUT2D eigenvalue weighted by atomic mass is 16.2. The molecule has 4 N–H and O–H groups in total. The van der Waals surface area contributed by atoms with Crippen molar-refractivity contribution in [1.82, 2.24) is 20.5 Å². The van der Waals surface area contributed by atoms with Gasteiger partial charge in [-0.15, -0.1) is 5.10 Å². The number of anilines is 1. The molecule has 0 bridgehead atoms. The van der Waals surface area contributed by atoms with Gasteiger partial charge in [-0.1, -0.05) is 26.2 Å². The normalized spacial score (nSPS) is 12.4. The second-order valence-electron chi connectivity index (χ2n) is 3.91. The average Bonchev–Trinajstić information content (AvgIpc) is 2.65. The summed E-state index contributed by atoms with van der Waals surface area (Å²) in [6, 6.07) is 0.144. The van der Waals surface area contributed by atoms with Crippen molar-refractivity contribution in [2.24, 2.45) is 0 Å². The van der Waals surface area contributed by atoms with Crippen molar-refractivity contribution >= 4 is 11.9 Å². The monoisotopic (exact) mass is 225 g/mol. The van der Waals surface area contributed by atoms with Crippen LogP contribution in [0.2, 0.25) is 0 Å². The second-order valence-corrected chi connectivity index (χ2v) is 3.91. The highest BCUT2D eigenvalue weighted by molar-refractivity contribution is 5.90. The molecule has 0 radical (unpaired) electrons. The number of unbranched alkanes of at least 4 members (excludes halogenated alkanes) is 2. The summed E-state index contributed by atoms with van der Waals surface area (Å²) in [5.74, 6) is -0.00294. The Morgan fingerprint density at radius 1 is 1.56 bits per heavy atom. The van der Waals surface area contributed by atoms with Crippen LogP contribution in [0.1, 0.15) is 50.1 Å². The van der Waals surface area contributed by atoms with E-state index in [4.69, 9.17) is 5.73 Å². The van der Waals surface area contributed by atoms with E-state index in [1.54, 1.807) is 0 Å². The van der Waals surface area contributed by atoms with Gasteiger partial charge in [-0.05, 0) is 13.3 Å². The second kappa shape index (κ2) is 6.09. The van der Waals surface area contributed by atoms with Gasteiger partial charge in [0.05, 0.1) is 0 Å². The van der Waals surface area contributed by atoms with Crippen molar-refractivity contribution in [2.45, 2.75) is 45.6 Å². The zero-order chi connectivity index (χ0) is 12.0. The van der Waals surface area contributed by atoms with Gasteiger partial charge in [0.2, 0.25) is 11.8 Å². The summed E-state index contributed by atoms with van der Waals surface area (Å²) in [5.41, 5.74) is 5.31. The minimum absolute atomic E-state index is 0.0868. The van der Waals surface area contributed by atoms with E-state index < -0.39 is 0 Å². The van der Waals surface area contributed by atoms with E-state index in [-0.39, 0.29) is 23.7 Å². The predicted molar refractivity (Wildman–Crippen MR) is 61.9 cm³/mol. The lowest BCUT2D eigenvalue weighted by Crippen LogP contribution is -2.33. The van der Waals surface area contributed by atoms with Gasteiger partial charge < -0.3 is 11.1 Å². The number of nitrogens with two attached hydrogens (primary N) is 1. The van der Waals surface area contributed by atoms with Crippen molar-refractivity contribution in [2.75, 3.05) is 5.73 Å². The number of aromatic amines is 1. The largest absolute Gasteiger partial charge is 0.366 e. The molecule has 0 aliphatic heterocycles. The summed E-state index contributed by atoms with van der Waals surface area (Å²) >= 11 is 0. The van der Waals surface area contributed by atoms with Crippen LogP contribution in [0.3, 0.4) is 0 Å². The number of amides is 1. The van der Waals surface area contributed by atoms with Gasteiger partial charge in [0.1, 0.15) is 0 Å². The lowest BCUT2D eigenvalue weighted by atomic mass is 10.1. The molecule has 0 aromatic carbocycles. The van der Waals surface area contributed by atoms with E-state index in [1.165, 1.54) is 12.8 Å². The molecule has 1 heterocycles. The fourth-order valence-electron chi connectivity index (χ4n) is 1.44. The summed E-state index contributed by atoms with van der Waals surface area (Å²) in [5, 5.41) is 8.92. The van der Waals surface area contributed by atoms with Gasteiger partial charge in [0, 0.05) is 6.04 Å². The van der Waals surface area contributed by atoms with Gasteiger partial charge in [0.15, 0.2) is 0 Å². The first-order valence-electron chi connectivity index (χ1n) is 5.62. The smallest absolute Gasteiger partial charge is 0.288 e. The molecule has 16 heavy (non-hydrogen) atoms. The number of hydrogen-bond donors (Lipinski definition) is 3. The molecule has 0 saturated heterocycles. The van der Waals surface area contributed by atoms with E-state index >= 15 is 0 Å². The van der Waals surface area contributed by atoms with Crippen molar-refractivity contribution in [1.29, 1.82) is 0 Å². The summed E-state index contributed by atoms with van der Waals surface area (Å²) in [6.07, 6.45) is 4.47. The highest BCUT2D eigenvalue weighted by Crippen LogP contribution is 2.03. The Kier molecular flexibility index (Phi) is 4.75. The summed E-state index contributed by atoms with van der Waals surface area (Å²) in [7, 11) is 0. The molecule has 0 fully saturated rings. The van der Waals surface area contributed by atoms with Crippen LogP contribution in [0.4, 0.5) is 5.95 Å². The quantitative estimate of drug-likeness (QED) is 0.631. The third-order valence-corrected chi connectivity index (χ3v) is 2.34. The van der Waals surface area contributed by atoms with Gasteiger partial charge >= 0.3 is 0 Å². The number of rotatable bonds is 6. The topological polar surface area (TPSA) is 96.7 Å². The molecular weight excluding hydrogens is 206 g/mol. The van der Waals surface area contributed by atoms with Crippen LogP contribution < -0.4 is 11.1 Å². The maximum Gasteiger partial charge on any atom is 0.288 e. The van der Waals surface area contributed by atoms with Crippen molar-refractivity contribution in [3.63, 3.8) is 0 Å². The maximum absolute atomic E-state index is 11.6. The van der Waals surface area contributed by atoms with E-state index in [0.29, 0.717) is 0 Å². The lowest BCUT2D eigenvalue weighted by molar-refractivity contribution is 0.0928. The molecule has 1 amide bonds. The van der Waals surface area contributed by atoms with Gasteiger partial charge in [-0.2, -0.15) is 4.98 Å². The maximum atomic E-state index is 11.6. The number of hydrogen-bond acceptors (Lipinski definition) is 4. The molecule has 90 valence electrons. The van der Waals surface area contributed by atoms with E-state index in [9.17, 15) is 4.79 Å². The molecule has 0 saturated carbocycles. The number of nitrogen functional groups attached to an aromatic ring is 1. The Labute approximate surface area is 95.0 Å². The van der Waals surface area contributed by atoms with Crippen LogP contribution in [0.5, 0.6) is 0 Å². The third kappa shape index (κ3) is 3.88. The van der Waals surface area contributed by atoms with Crippen LogP contribution >= 0.6 is 0 Å². The Balaban J connectivity index is 2.33. The number of H-pyrrole nitrogens is 1. The van der Waals surface area contributed by atoms with Crippen LogP contribution in [0.15, 0.2) is 0 Å². The number of aromatic nitrogens is 3. The Bertz CT molecular complexity index is 336. The van der Waals surface area contributed by atoms with Crippen LogP contribution in [0, 0.1) is 0 Å². The van der Waals surface area contributed by atoms with E-state index in [1.807, 2.05) is 6.92 Å². The number of carbonyl (C=O) groups excluding carboxylic acids is 1. The van der Waals surface area contributed by atoms with E-state index in [0.717, 1.165) is 12.8 Å². The summed E-state index contributed by atoms with van der Waals surface area (Å²) < 4.78 is 0. The SMILES string of the molecule is CCCCCC(C)NC(=O)c1nc(N)n[nH]1. The van der Waals surface area contributed by atoms with Crippen molar-refractivity contribution in [3.05, 3.63) is 5.82 Å². The zero-order valence-electron chi connectivity index (χ0n) is 9.79. The fourth-order valence-corrected chi connectivity index (χ4v) is 1.44. The predicted octanol–water partition coefficient (Wildman–Crippen LogP) is 1.09. The molecule has 0 aliphatic carbocycles. The zero-order valence-corrected chi connectivity index (χ0v) is 9.79. The molecule has 6 heteroatoms. The summed E-state index contributed by atoms with van der Waals surface area (Å²) in [6.45, 7) is 4.13. The number of nitrogens with one attached hydrogen (secondary N) is 2. The molecule has 1 aromatic rings. The molecule has 0 aliphatic rings. The van der Waals surface area contributed by atoms with Crippen LogP contribution in [-0.4, -0.2) is 27.1 Å². The average molecular weight is 225 g/mol. The molecule has 1 unspecified atom stereocenters. The van der Waals surface area contributed by atoms with Crippen molar-refractivity contribution < 1.29 is 4.79 Å². The molecule has 1 atom stereocenters. The first kappa shape index (κ1) is 12.5. The summed E-state index contributed by atoms with van der Waals surface area (Å²) in [4.78, 5) is 15.4. The minimum Gasteiger partial charge on any atom is -0.366 e. The Morgan fingerprint density at radius 3 is 2.88 bits per heavy atom. The van der Waals surface area contributed by atoms with Crippen molar-refractivity contribution in [3.8, 4) is 0 Å².